The largest absolute Gasteiger partial charge is 0.495 e. The Balaban J connectivity index is 1.64. The number of carbonyl (C=O) groups is 1. The molecule has 0 aliphatic carbocycles. The number of methoxy groups -OCH3 is 1. The van der Waals surface area contributed by atoms with E-state index in [0.717, 1.165) is 39.4 Å². The molecule has 0 atom stereocenters. The number of benzene rings is 1. The first-order valence-electron chi connectivity index (χ1n) is 7.83. The van der Waals surface area contributed by atoms with Gasteiger partial charge in [-0.15, -0.1) is 0 Å². The van der Waals surface area contributed by atoms with Crippen LogP contribution in [0.2, 0.25) is 5.02 Å². The van der Waals surface area contributed by atoms with Crippen molar-refractivity contribution in [3.63, 3.8) is 0 Å². The molecule has 2 N–H and O–H groups in total. The molecule has 1 fully saturated rings. The number of anilines is 1. The summed E-state index contributed by atoms with van der Waals surface area (Å²) in [5.41, 5.74) is 0.596. The molecule has 23 heavy (non-hydrogen) atoms. The van der Waals surface area contributed by atoms with E-state index in [9.17, 15) is 4.79 Å². The fourth-order valence-electron chi connectivity index (χ4n) is 2.38. The maximum atomic E-state index is 12.0. The first-order chi connectivity index (χ1) is 11.2. The Morgan fingerprint density at radius 1 is 1.35 bits per heavy atom. The summed E-state index contributed by atoms with van der Waals surface area (Å²) in [7, 11) is 1.56. The van der Waals surface area contributed by atoms with E-state index in [0.29, 0.717) is 29.4 Å². The lowest BCUT2D eigenvalue weighted by Gasteiger charge is -2.26. The summed E-state index contributed by atoms with van der Waals surface area (Å²) in [4.78, 5) is 14.3. The van der Waals surface area contributed by atoms with Crippen molar-refractivity contribution in [1.29, 1.82) is 0 Å². The predicted octanol–water partition coefficient (Wildman–Crippen LogP) is 1.60. The highest BCUT2D eigenvalue weighted by Gasteiger charge is 2.10. The molecule has 0 radical (unpaired) electrons. The average Bonchev–Trinajstić information content (AvgIpc) is 2.56. The van der Waals surface area contributed by atoms with Gasteiger partial charge in [-0.25, -0.2) is 0 Å². The van der Waals surface area contributed by atoms with Gasteiger partial charge in [0.1, 0.15) is 5.75 Å². The maximum absolute atomic E-state index is 12.0. The number of amides is 1. The molecule has 1 saturated heterocycles. The third-order valence-electron chi connectivity index (χ3n) is 3.67. The lowest BCUT2D eigenvalue weighted by Crippen LogP contribution is -2.40. The number of hydrogen-bond donors (Lipinski definition) is 2. The van der Waals surface area contributed by atoms with Crippen molar-refractivity contribution in [3.8, 4) is 5.75 Å². The smallest absolute Gasteiger partial charge is 0.225 e. The minimum Gasteiger partial charge on any atom is -0.495 e. The van der Waals surface area contributed by atoms with Gasteiger partial charge < -0.3 is 20.1 Å². The molecule has 0 unspecified atom stereocenters. The van der Waals surface area contributed by atoms with Crippen LogP contribution < -0.4 is 15.4 Å². The zero-order valence-corrected chi connectivity index (χ0v) is 14.2. The van der Waals surface area contributed by atoms with E-state index in [1.165, 1.54) is 0 Å². The third-order valence-corrected chi connectivity index (χ3v) is 3.91. The molecule has 0 aromatic heterocycles. The van der Waals surface area contributed by atoms with Crippen molar-refractivity contribution in [2.45, 2.75) is 6.42 Å². The van der Waals surface area contributed by atoms with E-state index >= 15 is 0 Å². The van der Waals surface area contributed by atoms with E-state index in [1.807, 2.05) is 0 Å². The minimum absolute atomic E-state index is 0.0653. The number of halogens is 1. The van der Waals surface area contributed by atoms with Gasteiger partial charge in [0, 0.05) is 44.2 Å². The van der Waals surface area contributed by atoms with Gasteiger partial charge in [-0.2, -0.15) is 0 Å². The van der Waals surface area contributed by atoms with Gasteiger partial charge in [-0.1, -0.05) is 11.6 Å². The highest BCUT2D eigenvalue weighted by Crippen LogP contribution is 2.27. The molecule has 2 rings (SSSR count). The van der Waals surface area contributed by atoms with Gasteiger partial charge in [0.2, 0.25) is 5.91 Å². The third kappa shape index (κ3) is 6.35. The average molecular weight is 342 g/mol. The summed E-state index contributed by atoms with van der Waals surface area (Å²) >= 11 is 5.94. The zero-order chi connectivity index (χ0) is 16.5. The van der Waals surface area contributed by atoms with Crippen LogP contribution in [0.4, 0.5) is 5.69 Å². The topological polar surface area (TPSA) is 62.8 Å². The first-order valence-corrected chi connectivity index (χ1v) is 8.21. The molecule has 6 nitrogen and oxygen atoms in total. The second-order valence-corrected chi connectivity index (χ2v) is 5.78. The Morgan fingerprint density at radius 3 is 2.87 bits per heavy atom. The van der Waals surface area contributed by atoms with Gasteiger partial charge in [0.15, 0.2) is 0 Å². The highest BCUT2D eigenvalue weighted by atomic mass is 35.5. The lowest BCUT2D eigenvalue weighted by molar-refractivity contribution is -0.116. The lowest BCUT2D eigenvalue weighted by atomic mass is 10.2. The SMILES string of the molecule is COc1ccc(Cl)cc1NC(=O)CCNCCN1CCOCC1. The van der Waals surface area contributed by atoms with Gasteiger partial charge in [-0.3, -0.25) is 9.69 Å². The molecule has 128 valence electrons. The van der Waals surface area contributed by atoms with Crippen molar-refractivity contribution in [2.24, 2.45) is 0 Å². The van der Waals surface area contributed by atoms with Crippen LogP contribution in [0.3, 0.4) is 0 Å². The number of nitrogens with zero attached hydrogens (tertiary/aromatic N) is 1. The van der Waals surface area contributed by atoms with Crippen LogP contribution in [0.1, 0.15) is 6.42 Å². The number of hydrogen-bond acceptors (Lipinski definition) is 5. The monoisotopic (exact) mass is 341 g/mol. The summed E-state index contributed by atoms with van der Waals surface area (Å²) < 4.78 is 10.5. The Labute approximate surface area is 142 Å². The van der Waals surface area contributed by atoms with Crippen LogP contribution in [0.5, 0.6) is 5.75 Å². The van der Waals surface area contributed by atoms with E-state index in [1.54, 1.807) is 25.3 Å². The fourth-order valence-corrected chi connectivity index (χ4v) is 2.55. The van der Waals surface area contributed by atoms with E-state index in [2.05, 4.69) is 15.5 Å². The molecule has 1 aliphatic rings. The molecule has 0 bridgehead atoms. The molecule has 1 aromatic rings. The first kappa shape index (κ1) is 18.0. The molecular formula is C16H24ClN3O3. The van der Waals surface area contributed by atoms with Crippen molar-refractivity contribution in [3.05, 3.63) is 23.2 Å². The molecule has 1 aliphatic heterocycles. The molecule has 7 heteroatoms. The fraction of sp³-hybridized carbons (Fsp3) is 0.562. The Bertz CT molecular complexity index is 507. The minimum atomic E-state index is -0.0653. The van der Waals surface area contributed by atoms with Crippen LogP contribution >= 0.6 is 11.6 Å². The van der Waals surface area contributed by atoms with Gasteiger partial charge in [-0.05, 0) is 18.2 Å². The number of morpholine rings is 1. The molecule has 1 aromatic carbocycles. The molecule has 1 amide bonds. The second kappa shape index (κ2) is 9.72. The summed E-state index contributed by atoms with van der Waals surface area (Å²) in [6.07, 6.45) is 0.402. The van der Waals surface area contributed by atoms with Gasteiger partial charge >= 0.3 is 0 Å². The zero-order valence-electron chi connectivity index (χ0n) is 13.4. The molecule has 0 spiro atoms. The number of carbonyl (C=O) groups excluding carboxylic acids is 1. The van der Waals surface area contributed by atoms with Crippen LogP contribution in [0.25, 0.3) is 0 Å². The Hall–Kier alpha value is -1.34. The van der Waals surface area contributed by atoms with Gasteiger partial charge in [0.05, 0.1) is 26.0 Å². The number of nitrogens with one attached hydrogen (secondary N) is 2. The number of rotatable bonds is 8. The van der Waals surface area contributed by atoms with Crippen LogP contribution in [-0.2, 0) is 9.53 Å². The van der Waals surface area contributed by atoms with Gasteiger partial charge in [0.25, 0.3) is 0 Å². The Kier molecular flexibility index (Phi) is 7.61. The quantitative estimate of drug-likeness (QED) is 0.703. The molecule has 1 heterocycles. The normalized spacial score (nSPS) is 15.4. The summed E-state index contributed by atoms with van der Waals surface area (Å²) in [5.74, 6) is 0.535. The van der Waals surface area contributed by atoms with Crippen molar-refractivity contribution >= 4 is 23.2 Å². The van der Waals surface area contributed by atoms with Crippen LogP contribution in [0, 0.1) is 0 Å². The maximum Gasteiger partial charge on any atom is 0.225 e. The standard InChI is InChI=1S/C16H24ClN3O3/c1-22-15-3-2-13(17)12-14(15)19-16(21)4-5-18-6-7-20-8-10-23-11-9-20/h2-3,12,18H,4-11H2,1H3,(H,19,21). The Morgan fingerprint density at radius 2 is 2.13 bits per heavy atom. The van der Waals surface area contributed by atoms with Crippen molar-refractivity contribution < 1.29 is 14.3 Å². The highest BCUT2D eigenvalue weighted by molar-refractivity contribution is 6.31. The van der Waals surface area contributed by atoms with E-state index in [-0.39, 0.29) is 5.91 Å². The molecular weight excluding hydrogens is 318 g/mol. The van der Waals surface area contributed by atoms with E-state index in [4.69, 9.17) is 21.1 Å². The van der Waals surface area contributed by atoms with Crippen molar-refractivity contribution in [1.82, 2.24) is 10.2 Å². The second-order valence-electron chi connectivity index (χ2n) is 5.35. The summed E-state index contributed by atoms with van der Waals surface area (Å²) in [6.45, 7) is 6.07. The summed E-state index contributed by atoms with van der Waals surface area (Å²) in [5, 5.41) is 6.68. The van der Waals surface area contributed by atoms with Crippen molar-refractivity contribution in [2.75, 3.05) is 58.4 Å². The molecule has 0 saturated carbocycles. The van der Waals surface area contributed by atoms with Crippen LogP contribution in [0.15, 0.2) is 18.2 Å². The number of ether oxygens (including phenoxy) is 2. The van der Waals surface area contributed by atoms with E-state index < -0.39 is 0 Å². The summed E-state index contributed by atoms with van der Waals surface area (Å²) in [6, 6.07) is 5.14. The predicted molar refractivity (Wildman–Crippen MR) is 91.4 cm³/mol. The van der Waals surface area contributed by atoms with Crippen LogP contribution in [-0.4, -0.2) is 63.9 Å².